The van der Waals surface area contributed by atoms with Crippen molar-refractivity contribution in [1.29, 1.82) is 0 Å². The summed E-state index contributed by atoms with van der Waals surface area (Å²) >= 11 is 0. The van der Waals surface area contributed by atoms with Crippen molar-refractivity contribution in [2.75, 3.05) is 0 Å². The van der Waals surface area contributed by atoms with Crippen LogP contribution in [-0.4, -0.2) is 15.9 Å². The van der Waals surface area contributed by atoms with E-state index in [0.29, 0.717) is 6.10 Å². The summed E-state index contributed by atoms with van der Waals surface area (Å²) in [7, 11) is -0.167. The van der Waals surface area contributed by atoms with Crippen LogP contribution in [0.25, 0.3) is 0 Å². The van der Waals surface area contributed by atoms with Gasteiger partial charge in [0.05, 0.1) is 0 Å². The fourth-order valence-corrected chi connectivity index (χ4v) is 2.29. The van der Waals surface area contributed by atoms with Crippen molar-refractivity contribution in [3.8, 4) is 0 Å². The quantitative estimate of drug-likeness (QED) is 0.426. The van der Waals surface area contributed by atoms with Crippen LogP contribution in [0.1, 0.15) is 46.5 Å². The third kappa shape index (κ3) is 8.08. The first-order chi connectivity index (χ1) is 5.31. The Morgan fingerprint density at radius 3 is 2.55 bits per heavy atom. The minimum absolute atomic E-state index is 0.167. The van der Waals surface area contributed by atoms with Gasteiger partial charge in [0.15, 0.2) is 9.76 Å². The second kappa shape index (κ2) is 8.28. The van der Waals surface area contributed by atoms with Gasteiger partial charge in [-0.2, -0.15) is 0 Å². The van der Waals surface area contributed by atoms with Crippen LogP contribution in [0.3, 0.4) is 0 Å². The molecule has 0 saturated heterocycles. The Morgan fingerprint density at radius 2 is 2.00 bits per heavy atom. The molecule has 11 heavy (non-hydrogen) atoms. The van der Waals surface area contributed by atoms with Gasteiger partial charge in [-0.15, -0.1) is 0 Å². The first-order valence-corrected chi connectivity index (χ1v) is 6.50. The van der Waals surface area contributed by atoms with Crippen molar-refractivity contribution in [1.82, 2.24) is 0 Å². The lowest BCUT2D eigenvalue weighted by molar-refractivity contribution is 0.228. The van der Waals surface area contributed by atoms with E-state index in [1.165, 1.54) is 31.7 Å². The van der Waals surface area contributed by atoms with E-state index in [9.17, 15) is 0 Å². The van der Waals surface area contributed by atoms with E-state index in [4.69, 9.17) is 4.43 Å². The van der Waals surface area contributed by atoms with Crippen molar-refractivity contribution in [2.45, 2.75) is 58.6 Å². The molecule has 68 valence electrons. The van der Waals surface area contributed by atoms with E-state index in [0.717, 1.165) is 0 Å². The summed E-state index contributed by atoms with van der Waals surface area (Å²) in [6, 6.07) is 1.37. The van der Waals surface area contributed by atoms with Crippen LogP contribution in [0.4, 0.5) is 0 Å². The van der Waals surface area contributed by atoms with Crippen LogP contribution in [0.5, 0.6) is 0 Å². The average Bonchev–Trinajstić information content (AvgIpc) is 2.04. The number of hydrogen-bond donors (Lipinski definition) is 0. The third-order valence-electron chi connectivity index (χ3n) is 1.98. The molecule has 0 aliphatic rings. The third-order valence-corrected chi connectivity index (χ3v) is 3.57. The SMILES string of the molecule is CCCCC[SiH2]OC(C)CC. The van der Waals surface area contributed by atoms with E-state index < -0.39 is 0 Å². The molecule has 0 aromatic rings. The summed E-state index contributed by atoms with van der Waals surface area (Å²) in [5.74, 6) is 0. The van der Waals surface area contributed by atoms with E-state index in [1.807, 2.05) is 0 Å². The van der Waals surface area contributed by atoms with Crippen LogP contribution in [0, 0.1) is 0 Å². The maximum Gasteiger partial charge on any atom is 0.161 e. The van der Waals surface area contributed by atoms with Crippen molar-refractivity contribution < 1.29 is 4.43 Å². The van der Waals surface area contributed by atoms with E-state index in [-0.39, 0.29) is 9.76 Å². The van der Waals surface area contributed by atoms with Gasteiger partial charge in [0.2, 0.25) is 0 Å². The Kier molecular flexibility index (Phi) is 8.41. The van der Waals surface area contributed by atoms with Gasteiger partial charge in [0.25, 0.3) is 0 Å². The van der Waals surface area contributed by atoms with Gasteiger partial charge in [-0.05, 0) is 19.4 Å². The molecule has 0 aromatic heterocycles. The predicted molar refractivity (Wildman–Crippen MR) is 53.7 cm³/mol. The summed E-state index contributed by atoms with van der Waals surface area (Å²) in [6.45, 7) is 6.61. The minimum Gasteiger partial charge on any atom is -0.421 e. The molecule has 0 aliphatic heterocycles. The highest BCUT2D eigenvalue weighted by Crippen LogP contribution is 2.01. The van der Waals surface area contributed by atoms with Gasteiger partial charge >= 0.3 is 0 Å². The second-order valence-electron chi connectivity index (χ2n) is 3.15. The molecular formula is C9H22OSi. The Hall–Kier alpha value is 0.177. The molecule has 0 heterocycles. The molecule has 0 aliphatic carbocycles. The Bertz CT molecular complexity index is 76.0. The lowest BCUT2D eigenvalue weighted by Gasteiger charge is -2.09. The minimum atomic E-state index is -0.167. The van der Waals surface area contributed by atoms with E-state index >= 15 is 0 Å². The van der Waals surface area contributed by atoms with Gasteiger partial charge in [0.1, 0.15) is 0 Å². The van der Waals surface area contributed by atoms with Crippen LogP contribution in [-0.2, 0) is 4.43 Å². The fourth-order valence-electron chi connectivity index (χ4n) is 0.931. The van der Waals surface area contributed by atoms with Gasteiger partial charge < -0.3 is 4.43 Å². The average molecular weight is 174 g/mol. The lowest BCUT2D eigenvalue weighted by Crippen LogP contribution is -2.09. The zero-order valence-corrected chi connectivity index (χ0v) is 9.64. The molecule has 0 spiro atoms. The second-order valence-corrected chi connectivity index (χ2v) is 4.60. The molecule has 0 saturated carbocycles. The highest BCUT2D eigenvalue weighted by atomic mass is 28.2. The molecule has 0 aromatic carbocycles. The molecule has 1 atom stereocenters. The summed E-state index contributed by atoms with van der Waals surface area (Å²) in [6.07, 6.45) is 5.79. The molecule has 0 radical (unpaired) electrons. The van der Waals surface area contributed by atoms with Crippen molar-refractivity contribution in [3.05, 3.63) is 0 Å². The van der Waals surface area contributed by atoms with Crippen LogP contribution in [0.2, 0.25) is 6.04 Å². The Morgan fingerprint density at radius 1 is 1.27 bits per heavy atom. The van der Waals surface area contributed by atoms with E-state index in [1.54, 1.807) is 0 Å². The van der Waals surface area contributed by atoms with Gasteiger partial charge in [-0.3, -0.25) is 0 Å². The monoisotopic (exact) mass is 174 g/mol. The van der Waals surface area contributed by atoms with Crippen LogP contribution >= 0.6 is 0 Å². The molecule has 0 fully saturated rings. The highest BCUT2D eigenvalue weighted by Gasteiger charge is 1.96. The lowest BCUT2D eigenvalue weighted by atomic mass is 10.3. The number of rotatable bonds is 7. The molecule has 1 nitrogen and oxygen atoms in total. The maximum atomic E-state index is 5.68. The van der Waals surface area contributed by atoms with Crippen LogP contribution in [0.15, 0.2) is 0 Å². The van der Waals surface area contributed by atoms with Gasteiger partial charge in [-0.1, -0.05) is 33.1 Å². The smallest absolute Gasteiger partial charge is 0.161 e. The molecule has 0 bridgehead atoms. The first kappa shape index (κ1) is 11.2. The molecule has 0 rings (SSSR count). The normalized spacial score (nSPS) is 14.5. The van der Waals surface area contributed by atoms with E-state index in [2.05, 4.69) is 20.8 Å². The van der Waals surface area contributed by atoms with Crippen molar-refractivity contribution in [2.24, 2.45) is 0 Å². The summed E-state index contributed by atoms with van der Waals surface area (Å²) in [4.78, 5) is 0. The molecule has 2 heteroatoms. The summed E-state index contributed by atoms with van der Waals surface area (Å²) in [5, 5.41) is 0. The highest BCUT2D eigenvalue weighted by molar-refractivity contribution is 6.27. The first-order valence-electron chi connectivity index (χ1n) is 4.92. The maximum absolute atomic E-state index is 5.68. The molecule has 0 N–H and O–H groups in total. The molecular weight excluding hydrogens is 152 g/mol. The largest absolute Gasteiger partial charge is 0.421 e. The van der Waals surface area contributed by atoms with Crippen LogP contribution < -0.4 is 0 Å². The molecule has 0 amide bonds. The molecule has 1 unspecified atom stereocenters. The Balaban J connectivity index is 2.89. The van der Waals surface area contributed by atoms with Gasteiger partial charge in [0, 0.05) is 6.10 Å². The fraction of sp³-hybridized carbons (Fsp3) is 1.00. The van der Waals surface area contributed by atoms with Crippen molar-refractivity contribution in [3.63, 3.8) is 0 Å². The number of hydrogen-bond acceptors (Lipinski definition) is 1. The van der Waals surface area contributed by atoms with Crippen molar-refractivity contribution >= 4 is 9.76 Å². The van der Waals surface area contributed by atoms with Gasteiger partial charge in [-0.25, -0.2) is 0 Å². The Labute approximate surface area is 73.5 Å². The summed E-state index contributed by atoms with van der Waals surface area (Å²) in [5.41, 5.74) is 0. The summed E-state index contributed by atoms with van der Waals surface area (Å²) < 4.78 is 5.68. The zero-order chi connectivity index (χ0) is 8.53. The zero-order valence-electron chi connectivity index (χ0n) is 8.23. The predicted octanol–water partition coefficient (Wildman–Crippen LogP) is 2.49. The number of unbranched alkanes of at least 4 members (excludes halogenated alkanes) is 2. The standard InChI is InChI=1S/C9H22OSi/c1-4-6-7-8-11-10-9(3)5-2/h9H,4-8,11H2,1-3H3. The topological polar surface area (TPSA) is 9.23 Å².